The molecule has 0 N–H and O–H groups in total. The lowest BCUT2D eigenvalue weighted by Gasteiger charge is -2.17. The van der Waals surface area contributed by atoms with Crippen molar-refractivity contribution < 1.29 is 8.78 Å². The van der Waals surface area contributed by atoms with Gasteiger partial charge < -0.3 is 0 Å². The molecule has 0 bridgehead atoms. The summed E-state index contributed by atoms with van der Waals surface area (Å²) in [5, 5.41) is 0. The van der Waals surface area contributed by atoms with E-state index >= 15 is 0 Å². The van der Waals surface area contributed by atoms with Crippen LogP contribution in [0.15, 0.2) is 48.5 Å². The van der Waals surface area contributed by atoms with E-state index in [1.165, 1.54) is 24.3 Å². The molecule has 106 valence electrons. The Morgan fingerprint density at radius 2 is 1.40 bits per heavy atom. The van der Waals surface area contributed by atoms with Crippen LogP contribution in [0.1, 0.15) is 29.9 Å². The van der Waals surface area contributed by atoms with Gasteiger partial charge in [-0.05, 0) is 60.6 Å². The van der Waals surface area contributed by atoms with Crippen LogP contribution in [0.3, 0.4) is 0 Å². The van der Waals surface area contributed by atoms with Crippen molar-refractivity contribution in [3.63, 3.8) is 0 Å². The molecule has 2 aromatic rings. The van der Waals surface area contributed by atoms with Gasteiger partial charge in [0.25, 0.3) is 0 Å². The first kappa shape index (κ1) is 15.0. The second kappa shape index (κ2) is 7.39. The second-order valence-electron chi connectivity index (χ2n) is 4.91. The summed E-state index contributed by atoms with van der Waals surface area (Å²) in [5.74, 6) is 0.431. The summed E-state index contributed by atoms with van der Waals surface area (Å²) in [4.78, 5) is 0. The van der Waals surface area contributed by atoms with E-state index in [0.717, 1.165) is 30.4 Å². The Balaban J connectivity index is 2.14. The van der Waals surface area contributed by atoms with Gasteiger partial charge in [-0.25, -0.2) is 8.78 Å². The van der Waals surface area contributed by atoms with E-state index in [4.69, 9.17) is 11.6 Å². The molecule has 0 aromatic heterocycles. The Morgan fingerprint density at radius 3 is 1.95 bits per heavy atom. The molecule has 0 saturated heterocycles. The van der Waals surface area contributed by atoms with Gasteiger partial charge in [0.1, 0.15) is 11.6 Å². The molecule has 3 heteroatoms. The maximum absolute atomic E-state index is 13.0. The lowest BCUT2D eigenvalue weighted by Crippen LogP contribution is -2.04. The molecule has 20 heavy (non-hydrogen) atoms. The average molecular weight is 295 g/mol. The highest BCUT2D eigenvalue weighted by Gasteiger charge is 2.12. The van der Waals surface area contributed by atoms with Crippen LogP contribution in [-0.2, 0) is 6.42 Å². The van der Waals surface area contributed by atoms with Gasteiger partial charge in [-0.1, -0.05) is 24.3 Å². The Bertz CT molecular complexity index is 520. The summed E-state index contributed by atoms with van der Waals surface area (Å²) in [6.45, 7) is 0. The average Bonchev–Trinajstić information content (AvgIpc) is 2.46. The van der Waals surface area contributed by atoms with Crippen LogP contribution in [0.4, 0.5) is 8.78 Å². The predicted molar refractivity (Wildman–Crippen MR) is 79.2 cm³/mol. The van der Waals surface area contributed by atoms with Crippen molar-refractivity contribution in [3.8, 4) is 0 Å². The standard InChI is InChI=1S/C17H17ClF2/c18-11-1-2-15(14-5-9-17(20)10-6-14)12-13-3-7-16(19)8-4-13/h3-10,15H,1-2,11-12H2. The SMILES string of the molecule is Fc1ccc(CC(CCCCl)c2ccc(F)cc2)cc1. The highest BCUT2D eigenvalue weighted by molar-refractivity contribution is 6.17. The molecular formula is C17H17ClF2. The fraction of sp³-hybridized carbons (Fsp3) is 0.294. The minimum absolute atomic E-state index is 0.229. The van der Waals surface area contributed by atoms with Crippen LogP contribution in [-0.4, -0.2) is 5.88 Å². The van der Waals surface area contributed by atoms with Crippen LogP contribution in [0.5, 0.6) is 0 Å². The summed E-state index contributed by atoms with van der Waals surface area (Å²) >= 11 is 5.77. The Morgan fingerprint density at radius 1 is 0.850 bits per heavy atom. The van der Waals surface area contributed by atoms with E-state index in [1.54, 1.807) is 12.1 Å². The molecule has 2 aromatic carbocycles. The van der Waals surface area contributed by atoms with E-state index in [2.05, 4.69) is 0 Å². The van der Waals surface area contributed by atoms with Crippen LogP contribution in [0.25, 0.3) is 0 Å². The van der Waals surface area contributed by atoms with Gasteiger partial charge in [0, 0.05) is 5.88 Å². The van der Waals surface area contributed by atoms with E-state index in [-0.39, 0.29) is 17.6 Å². The number of rotatable bonds is 6. The van der Waals surface area contributed by atoms with Gasteiger partial charge in [0.05, 0.1) is 0 Å². The summed E-state index contributed by atoms with van der Waals surface area (Å²) in [6.07, 6.45) is 2.65. The molecule has 0 saturated carbocycles. The van der Waals surface area contributed by atoms with Crippen molar-refractivity contribution in [2.45, 2.75) is 25.2 Å². The van der Waals surface area contributed by atoms with E-state index in [0.29, 0.717) is 5.88 Å². The quantitative estimate of drug-likeness (QED) is 0.633. The third-order valence-corrected chi connectivity index (χ3v) is 3.69. The molecule has 0 spiro atoms. The molecule has 0 aliphatic carbocycles. The third-order valence-electron chi connectivity index (χ3n) is 3.42. The number of benzene rings is 2. The molecule has 0 fully saturated rings. The smallest absolute Gasteiger partial charge is 0.123 e. The highest BCUT2D eigenvalue weighted by atomic mass is 35.5. The summed E-state index contributed by atoms with van der Waals surface area (Å²) < 4.78 is 25.9. The van der Waals surface area contributed by atoms with Gasteiger partial charge in [0.2, 0.25) is 0 Å². The molecule has 0 nitrogen and oxygen atoms in total. The first-order valence-corrected chi connectivity index (χ1v) is 7.28. The van der Waals surface area contributed by atoms with Crippen LogP contribution in [0.2, 0.25) is 0 Å². The first-order valence-electron chi connectivity index (χ1n) is 6.75. The van der Waals surface area contributed by atoms with Gasteiger partial charge in [-0.3, -0.25) is 0 Å². The fourth-order valence-electron chi connectivity index (χ4n) is 2.35. The van der Waals surface area contributed by atoms with Crippen molar-refractivity contribution >= 4 is 11.6 Å². The van der Waals surface area contributed by atoms with Crippen molar-refractivity contribution in [2.75, 3.05) is 5.88 Å². The number of halogens is 3. The molecule has 0 radical (unpaired) electrons. The molecule has 0 aliphatic rings. The molecule has 1 atom stereocenters. The zero-order valence-electron chi connectivity index (χ0n) is 11.2. The van der Waals surface area contributed by atoms with Crippen LogP contribution < -0.4 is 0 Å². The van der Waals surface area contributed by atoms with Gasteiger partial charge in [-0.2, -0.15) is 0 Å². The number of hydrogen-bond acceptors (Lipinski definition) is 0. The van der Waals surface area contributed by atoms with Crippen LogP contribution in [0, 0.1) is 11.6 Å². The van der Waals surface area contributed by atoms with E-state index < -0.39 is 0 Å². The third kappa shape index (κ3) is 4.31. The van der Waals surface area contributed by atoms with E-state index in [9.17, 15) is 8.78 Å². The van der Waals surface area contributed by atoms with Gasteiger partial charge in [-0.15, -0.1) is 11.6 Å². The Kier molecular flexibility index (Phi) is 5.54. The lowest BCUT2D eigenvalue weighted by atomic mass is 9.88. The van der Waals surface area contributed by atoms with Crippen molar-refractivity contribution in [1.82, 2.24) is 0 Å². The molecular weight excluding hydrogens is 278 g/mol. The molecule has 0 heterocycles. The number of hydrogen-bond donors (Lipinski definition) is 0. The highest BCUT2D eigenvalue weighted by Crippen LogP contribution is 2.26. The van der Waals surface area contributed by atoms with E-state index in [1.807, 2.05) is 12.1 Å². The largest absolute Gasteiger partial charge is 0.207 e. The minimum atomic E-state index is -0.230. The van der Waals surface area contributed by atoms with Crippen LogP contribution >= 0.6 is 11.6 Å². The lowest BCUT2D eigenvalue weighted by molar-refractivity contribution is 0.599. The van der Waals surface area contributed by atoms with Crippen molar-refractivity contribution in [3.05, 3.63) is 71.3 Å². The van der Waals surface area contributed by atoms with Gasteiger partial charge in [0.15, 0.2) is 0 Å². The second-order valence-corrected chi connectivity index (χ2v) is 5.29. The topological polar surface area (TPSA) is 0 Å². The molecule has 0 amide bonds. The van der Waals surface area contributed by atoms with Crippen molar-refractivity contribution in [2.24, 2.45) is 0 Å². The molecule has 2 rings (SSSR count). The summed E-state index contributed by atoms with van der Waals surface area (Å²) in [6, 6.07) is 13.1. The zero-order valence-corrected chi connectivity index (χ0v) is 11.9. The van der Waals surface area contributed by atoms with Crippen molar-refractivity contribution in [1.29, 1.82) is 0 Å². The maximum Gasteiger partial charge on any atom is 0.123 e. The number of alkyl halides is 1. The molecule has 1 unspecified atom stereocenters. The Labute approximate surface area is 123 Å². The normalized spacial score (nSPS) is 12.3. The summed E-state index contributed by atoms with van der Waals surface area (Å²) in [7, 11) is 0. The monoisotopic (exact) mass is 294 g/mol. The van der Waals surface area contributed by atoms with Gasteiger partial charge >= 0.3 is 0 Å². The maximum atomic E-state index is 13.0. The first-order chi connectivity index (χ1) is 9.69. The summed E-state index contributed by atoms with van der Waals surface area (Å²) in [5.41, 5.74) is 2.18. The zero-order chi connectivity index (χ0) is 14.4. The molecule has 0 aliphatic heterocycles. The fourth-order valence-corrected chi connectivity index (χ4v) is 2.50. The Hall–Kier alpha value is -1.41. The minimum Gasteiger partial charge on any atom is -0.207 e. The predicted octanol–water partition coefficient (Wildman–Crippen LogP) is 5.31.